The summed E-state index contributed by atoms with van der Waals surface area (Å²) in [6.07, 6.45) is -4.67. The Morgan fingerprint density at radius 3 is 2.32 bits per heavy atom. The van der Waals surface area contributed by atoms with Crippen molar-refractivity contribution in [2.75, 3.05) is 11.9 Å². The molecule has 0 saturated carbocycles. The van der Waals surface area contributed by atoms with Crippen LogP contribution in [0.3, 0.4) is 0 Å². The zero-order valence-electron chi connectivity index (χ0n) is 13.1. The minimum absolute atomic E-state index is 0.277. The molecule has 0 radical (unpaired) electrons. The predicted molar refractivity (Wildman–Crippen MR) is 88.7 cm³/mol. The molecule has 2 aromatic rings. The molecule has 1 heterocycles. The number of halogens is 3. The highest BCUT2D eigenvalue weighted by molar-refractivity contribution is 7.89. The fourth-order valence-electron chi connectivity index (χ4n) is 2.07. The molecule has 1 amide bonds. The number of thiophene rings is 1. The van der Waals surface area contributed by atoms with Crippen LogP contribution in [-0.2, 0) is 21.4 Å². The smallest absolute Gasteiger partial charge is 0.326 e. The van der Waals surface area contributed by atoms with Crippen LogP contribution < -0.4 is 5.32 Å². The van der Waals surface area contributed by atoms with E-state index in [0.717, 1.165) is 12.1 Å². The molecule has 0 fully saturated rings. The predicted octanol–water partition coefficient (Wildman–Crippen LogP) is 3.46. The van der Waals surface area contributed by atoms with Crippen LogP contribution in [0.4, 0.5) is 18.9 Å². The van der Waals surface area contributed by atoms with Gasteiger partial charge in [-0.1, -0.05) is 0 Å². The first kappa shape index (κ1) is 19.4. The lowest BCUT2D eigenvalue weighted by atomic mass is 10.3. The molecule has 0 spiro atoms. The molecule has 0 atom stereocenters. The maximum atomic E-state index is 12.8. The van der Waals surface area contributed by atoms with Gasteiger partial charge in [0.2, 0.25) is 15.9 Å². The molecule has 0 unspecified atom stereocenters. The van der Waals surface area contributed by atoms with E-state index in [1.54, 1.807) is 16.8 Å². The fraction of sp³-hybridized carbons (Fsp3) is 0.267. The summed E-state index contributed by atoms with van der Waals surface area (Å²) in [7, 11) is -4.35. The third-order valence-corrected chi connectivity index (χ3v) is 5.65. The van der Waals surface area contributed by atoms with Crippen LogP contribution in [0.15, 0.2) is 46.0 Å². The molecule has 25 heavy (non-hydrogen) atoms. The number of nitrogens with one attached hydrogen (secondary N) is 1. The lowest BCUT2D eigenvalue weighted by Gasteiger charge is -2.23. The summed E-state index contributed by atoms with van der Waals surface area (Å²) >= 11 is 1.27. The second-order valence-electron chi connectivity index (χ2n) is 5.23. The number of hydrogen-bond acceptors (Lipinski definition) is 4. The number of hydrogen-bond donors (Lipinski definition) is 1. The molecule has 1 aromatic carbocycles. The van der Waals surface area contributed by atoms with Crippen LogP contribution in [0, 0.1) is 0 Å². The van der Waals surface area contributed by atoms with Gasteiger partial charge in [-0.05, 0) is 46.7 Å². The molecule has 0 aliphatic rings. The highest BCUT2D eigenvalue weighted by Crippen LogP contribution is 2.26. The highest BCUT2D eigenvalue weighted by Gasteiger charge is 2.37. The quantitative estimate of drug-likeness (QED) is 0.819. The molecule has 5 nitrogen and oxygen atoms in total. The van der Waals surface area contributed by atoms with Gasteiger partial charge in [-0.25, -0.2) is 8.42 Å². The topological polar surface area (TPSA) is 66.5 Å². The minimum Gasteiger partial charge on any atom is -0.326 e. The van der Waals surface area contributed by atoms with E-state index in [0.29, 0.717) is 15.6 Å². The highest BCUT2D eigenvalue weighted by atomic mass is 32.2. The second-order valence-corrected chi connectivity index (χ2v) is 7.94. The number of rotatable bonds is 6. The van der Waals surface area contributed by atoms with Crippen LogP contribution in [-0.4, -0.2) is 31.4 Å². The number of anilines is 1. The monoisotopic (exact) mass is 392 g/mol. The van der Waals surface area contributed by atoms with E-state index in [2.05, 4.69) is 5.32 Å². The standard InChI is InChI=1S/C15H15F3N2O3S2/c1-11(21)19-13-2-4-14(5-3-13)25(22,23)20(10-15(16,17)18)8-12-6-7-24-9-12/h2-7,9H,8,10H2,1H3,(H,19,21). The number of benzene rings is 1. The van der Waals surface area contributed by atoms with Gasteiger partial charge in [0.05, 0.1) is 4.90 Å². The fourth-order valence-corrected chi connectivity index (χ4v) is 4.15. The molecule has 0 aliphatic heterocycles. The van der Waals surface area contributed by atoms with Gasteiger partial charge in [-0.2, -0.15) is 28.8 Å². The molecular weight excluding hydrogens is 377 g/mol. The lowest BCUT2D eigenvalue weighted by Crippen LogP contribution is -2.38. The number of nitrogens with zero attached hydrogens (tertiary/aromatic N) is 1. The van der Waals surface area contributed by atoms with Crippen LogP contribution in [0.2, 0.25) is 0 Å². The van der Waals surface area contributed by atoms with Crippen LogP contribution in [0.5, 0.6) is 0 Å². The van der Waals surface area contributed by atoms with E-state index < -0.39 is 22.7 Å². The molecule has 2 rings (SSSR count). The van der Waals surface area contributed by atoms with E-state index in [-0.39, 0.29) is 17.3 Å². The number of sulfonamides is 1. The summed E-state index contributed by atoms with van der Waals surface area (Å²) in [5, 5.41) is 5.72. The van der Waals surface area contributed by atoms with E-state index in [1.165, 1.54) is 30.4 Å². The Labute approximate surface area is 147 Å². The summed E-state index contributed by atoms with van der Waals surface area (Å²) in [6.45, 7) is -0.673. The average Bonchev–Trinajstić information content (AvgIpc) is 2.98. The minimum atomic E-state index is -4.67. The van der Waals surface area contributed by atoms with Crippen molar-refractivity contribution in [3.05, 3.63) is 46.7 Å². The zero-order chi connectivity index (χ0) is 18.7. The first-order valence-corrected chi connectivity index (χ1v) is 9.42. The number of alkyl halides is 3. The number of carbonyl (C=O) groups is 1. The Kier molecular flexibility index (Phi) is 5.86. The third kappa shape index (κ3) is 5.55. The largest absolute Gasteiger partial charge is 0.402 e. The molecule has 1 N–H and O–H groups in total. The van der Waals surface area contributed by atoms with Crippen molar-refractivity contribution in [3.8, 4) is 0 Å². The summed E-state index contributed by atoms with van der Waals surface area (Å²) in [6, 6.07) is 6.55. The summed E-state index contributed by atoms with van der Waals surface area (Å²) in [4.78, 5) is 10.7. The summed E-state index contributed by atoms with van der Waals surface area (Å²) < 4.78 is 64.1. The van der Waals surface area contributed by atoms with Crippen LogP contribution in [0.1, 0.15) is 12.5 Å². The molecule has 1 aromatic heterocycles. The van der Waals surface area contributed by atoms with Crippen molar-refractivity contribution in [3.63, 3.8) is 0 Å². The van der Waals surface area contributed by atoms with Gasteiger partial charge in [-0.3, -0.25) is 4.79 Å². The van der Waals surface area contributed by atoms with Gasteiger partial charge in [0.15, 0.2) is 0 Å². The maximum absolute atomic E-state index is 12.8. The summed E-state index contributed by atoms with van der Waals surface area (Å²) in [5.74, 6) is -0.341. The van der Waals surface area contributed by atoms with Crippen molar-refractivity contribution in [2.24, 2.45) is 0 Å². The van der Waals surface area contributed by atoms with Crippen molar-refractivity contribution in [1.82, 2.24) is 4.31 Å². The van der Waals surface area contributed by atoms with E-state index in [9.17, 15) is 26.4 Å². The van der Waals surface area contributed by atoms with Gasteiger partial charge >= 0.3 is 6.18 Å². The van der Waals surface area contributed by atoms with E-state index in [4.69, 9.17) is 0 Å². The SMILES string of the molecule is CC(=O)Nc1ccc(S(=O)(=O)N(Cc2ccsc2)CC(F)(F)F)cc1. The van der Waals surface area contributed by atoms with Crippen molar-refractivity contribution in [2.45, 2.75) is 24.5 Å². The number of carbonyl (C=O) groups excluding carboxylic acids is 1. The van der Waals surface area contributed by atoms with Gasteiger partial charge < -0.3 is 5.32 Å². The summed E-state index contributed by atoms with van der Waals surface area (Å²) in [5.41, 5.74) is 0.833. The first-order chi connectivity index (χ1) is 11.6. The lowest BCUT2D eigenvalue weighted by molar-refractivity contribution is -0.136. The second kappa shape index (κ2) is 7.54. The Hall–Kier alpha value is -1.91. The van der Waals surface area contributed by atoms with Crippen molar-refractivity contribution in [1.29, 1.82) is 0 Å². The molecule has 0 saturated heterocycles. The Morgan fingerprint density at radius 1 is 1.20 bits per heavy atom. The molecule has 10 heteroatoms. The first-order valence-electron chi connectivity index (χ1n) is 7.03. The van der Waals surface area contributed by atoms with Crippen molar-refractivity contribution < 1.29 is 26.4 Å². The van der Waals surface area contributed by atoms with E-state index >= 15 is 0 Å². The maximum Gasteiger partial charge on any atom is 0.402 e. The van der Waals surface area contributed by atoms with Crippen LogP contribution >= 0.6 is 11.3 Å². The molecule has 0 aliphatic carbocycles. The van der Waals surface area contributed by atoms with Gasteiger partial charge in [0, 0.05) is 19.2 Å². The molecule has 0 bridgehead atoms. The third-order valence-electron chi connectivity index (χ3n) is 3.11. The average molecular weight is 392 g/mol. The van der Waals surface area contributed by atoms with Crippen molar-refractivity contribution >= 4 is 33.0 Å². The van der Waals surface area contributed by atoms with Gasteiger partial charge in [-0.15, -0.1) is 0 Å². The Bertz CT molecular complexity index is 817. The normalized spacial score (nSPS) is 12.4. The number of amides is 1. The Morgan fingerprint density at radius 2 is 1.84 bits per heavy atom. The molecular formula is C15H15F3N2O3S2. The van der Waals surface area contributed by atoms with Gasteiger partial charge in [0.25, 0.3) is 0 Å². The van der Waals surface area contributed by atoms with E-state index in [1.807, 2.05) is 0 Å². The Balaban J connectivity index is 2.31. The molecule has 136 valence electrons. The van der Waals surface area contributed by atoms with Gasteiger partial charge in [0.1, 0.15) is 6.54 Å². The van der Waals surface area contributed by atoms with Crippen LogP contribution in [0.25, 0.3) is 0 Å². The zero-order valence-corrected chi connectivity index (χ0v) is 14.7.